The third-order valence-electron chi connectivity index (χ3n) is 7.10. The molecule has 39 heavy (non-hydrogen) atoms. The van der Waals surface area contributed by atoms with E-state index in [1.54, 1.807) is 17.0 Å². The van der Waals surface area contributed by atoms with Gasteiger partial charge in [0.1, 0.15) is 18.2 Å². The molecule has 3 aromatic carbocycles. The van der Waals surface area contributed by atoms with Crippen LogP contribution in [0, 0.1) is 5.82 Å². The number of alkyl halides is 3. The minimum atomic E-state index is -4.58. The maximum atomic E-state index is 13.7. The van der Waals surface area contributed by atoms with Crippen molar-refractivity contribution in [1.82, 2.24) is 0 Å². The van der Waals surface area contributed by atoms with Crippen LogP contribution in [0.4, 0.5) is 23.2 Å². The molecule has 0 saturated carbocycles. The fraction of sp³-hybridized carbons (Fsp3) is 0.267. The van der Waals surface area contributed by atoms with Crippen LogP contribution >= 0.6 is 0 Å². The van der Waals surface area contributed by atoms with Gasteiger partial charge in [0.05, 0.1) is 11.1 Å². The van der Waals surface area contributed by atoms with Gasteiger partial charge in [0.15, 0.2) is 0 Å². The first-order valence-electron chi connectivity index (χ1n) is 12.6. The normalized spacial score (nSPS) is 15.8. The Morgan fingerprint density at radius 2 is 1.62 bits per heavy atom. The number of anilines is 1. The lowest BCUT2D eigenvalue weighted by molar-refractivity contribution is -0.137. The van der Waals surface area contributed by atoms with Crippen molar-refractivity contribution >= 4 is 28.7 Å². The molecule has 0 unspecified atom stereocenters. The van der Waals surface area contributed by atoms with Gasteiger partial charge in [-0.25, -0.2) is 9.18 Å². The number of carboxylic acid groups (broad SMARTS) is 1. The zero-order valence-electron chi connectivity index (χ0n) is 20.9. The molecule has 0 radical (unpaired) electrons. The number of carboxylic acids is 1. The van der Waals surface area contributed by atoms with Crippen molar-refractivity contribution in [2.45, 2.75) is 44.9 Å². The first-order valence-corrected chi connectivity index (χ1v) is 12.6. The molecular weight excluding hydrogens is 514 g/mol. The van der Waals surface area contributed by atoms with Gasteiger partial charge in [-0.3, -0.25) is 4.79 Å². The van der Waals surface area contributed by atoms with Gasteiger partial charge in [-0.1, -0.05) is 18.2 Å². The van der Waals surface area contributed by atoms with Crippen LogP contribution in [-0.2, 0) is 17.6 Å². The maximum absolute atomic E-state index is 13.7. The summed E-state index contributed by atoms with van der Waals surface area (Å²) in [7, 11) is 0. The van der Waals surface area contributed by atoms with Gasteiger partial charge >= 0.3 is 12.1 Å². The van der Waals surface area contributed by atoms with E-state index < -0.39 is 23.5 Å². The van der Waals surface area contributed by atoms with E-state index in [0.29, 0.717) is 66.6 Å². The van der Waals surface area contributed by atoms with Crippen LogP contribution < -0.4 is 9.64 Å². The van der Waals surface area contributed by atoms with Gasteiger partial charge in [-0.05, 0) is 90.4 Å². The number of amides is 1. The van der Waals surface area contributed by atoms with E-state index in [4.69, 9.17) is 4.74 Å². The van der Waals surface area contributed by atoms with E-state index in [-0.39, 0.29) is 29.4 Å². The number of allylic oxidation sites excluding steroid dienone is 2. The quantitative estimate of drug-likeness (QED) is 0.319. The number of ether oxygens (including phenoxy) is 1. The van der Waals surface area contributed by atoms with Crippen molar-refractivity contribution < 1.29 is 37.0 Å². The molecule has 1 fully saturated rings. The molecule has 1 heterocycles. The molecule has 1 N–H and O–H groups in total. The lowest BCUT2D eigenvalue weighted by Gasteiger charge is -2.20. The summed E-state index contributed by atoms with van der Waals surface area (Å²) in [6, 6.07) is 13.7. The Labute approximate surface area is 222 Å². The van der Waals surface area contributed by atoms with Crippen molar-refractivity contribution in [3.05, 3.63) is 94.3 Å². The second-order valence-electron chi connectivity index (χ2n) is 9.62. The molecule has 5 nitrogen and oxygen atoms in total. The third kappa shape index (κ3) is 5.53. The monoisotopic (exact) mass is 539 g/mol. The first kappa shape index (κ1) is 26.5. The van der Waals surface area contributed by atoms with Crippen LogP contribution in [0.5, 0.6) is 5.75 Å². The second kappa shape index (κ2) is 10.6. The smallest absolute Gasteiger partial charge is 0.416 e. The van der Waals surface area contributed by atoms with Crippen LogP contribution in [0.3, 0.4) is 0 Å². The minimum Gasteiger partial charge on any atom is -0.488 e. The number of rotatable bonds is 7. The molecule has 0 spiro atoms. The summed E-state index contributed by atoms with van der Waals surface area (Å²) in [5, 5.41) is 10.0. The van der Waals surface area contributed by atoms with Crippen molar-refractivity contribution in [3.8, 4) is 5.75 Å². The highest BCUT2D eigenvalue weighted by atomic mass is 19.4. The SMILES string of the molecule is O=C(O)c1cc(N2CCCC2=O)ccc1C1=C(c2cc(C(F)(F)F)ccc2OCc2ccc(F)cc2)CCC1. The predicted octanol–water partition coefficient (Wildman–Crippen LogP) is 7.34. The summed E-state index contributed by atoms with van der Waals surface area (Å²) in [4.78, 5) is 26.0. The number of hydrogen-bond acceptors (Lipinski definition) is 3. The van der Waals surface area contributed by atoms with Crippen LogP contribution in [0.15, 0.2) is 60.7 Å². The highest BCUT2D eigenvalue weighted by molar-refractivity contribution is 6.03. The van der Waals surface area contributed by atoms with Gasteiger partial charge in [-0.2, -0.15) is 13.2 Å². The van der Waals surface area contributed by atoms with Crippen molar-refractivity contribution in [3.63, 3.8) is 0 Å². The van der Waals surface area contributed by atoms with E-state index in [9.17, 15) is 32.3 Å². The zero-order valence-corrected chi connectivity index (χ0v) is 20.9. The number of carbonyl (C=O) groups is 2. The van der Waals surface area contributed by atoms with E-state index in [1.165, 1.54) is 36.4 Å². The first-order chi connectivity index (χ1) is 18.6. The fourth-order valence-corrected chi connectivity index (χ4v) is 5.21. The van der Waals surface area contributed by atoms with Crippen LogP contribution in [0.2, 0.25) is 0 Å². The molecule has 2 aliphatic rings. The standard InChI is InChI=1S/C30H25F4NO4/c31-20-9-6-18(7-10-20)17-39-27-13-8-19(30(32,33)34)15-25(27)23-4-1-3-22(23)24-12-11-21(16-26(24)29(37)38)35-14-2-5-28(35)36/h6-13,15-16H,1-5,14,17H2,(H,37,38). The Kier molecular flexibility index (Phi) is 7.16. The van der Waals surface area contributed by atoms with Gasteiger partial charge in [0.25, 0.3) is 0 Å². The average molecular weight is 540 g/mol. The Bertz CT molecular complexity index is 1460. The molecule has 202 valence electrons. The van der Waals surface area contributed by atoms with Crippen LogP contribution in [0.25, 0.3) is 11.1 Å². The summed E-state index contributed by atoms with van der Waals surface area (Å²) in [6.07, 6.45) is -1.95. The van der Waals surface area contributed by atoms with Crippen LogP contribution in [-0.4, -0.2) is 23.5 Å². The number of aromatic carboxylic acids is 1. The van der Waals surface area contributed by atoms with Crippen LogP contribution in [0.1, 0.15) is 64.7 Å². The second-order valence-corrected chi connectivity index (χ2v) is 9.62. The highest BCUT2D eigenvalue weighted by Crippen LogP contribution is 2.46. The number of benzene rings is 3. The molecule has 1 aliphatic carbocycles. The highest BCUT2D eigenvalue weighted by Gasteiger charge is 2.33. The molecule has 0 atom stereocenters. The Morgan fingerprint density at radius 1 is 0.897 bits per heavy atom. The summed E-state index contributed by atoms with van der Waals surface area (Å²) < 4.78 is 60.3. The maximum Gasteiger partial charge on any atom is 0.416 e. The molecule has 0 aromatic heterocycles. The minimum absolute atomic E-state index is 0.0117. The molecular formula is C30H25F4NO4. The van der Waals surface area contributed by atoms with E-state index >= 15 is 0 Å². The lowest BCUT2D eigenvalue weighted by atomic mass is 9.92. The van der Waals surface area contributed by atoms with Gasteiger partial charge in [0.2, 0.25) is 5.91 Å². The van der Waals surface area contributed by atoms with E-state index in [2.05, 4.69) is 0 Å². The molecule has 1 aliphatic heterocycles. The molecule has 1 amide bonds. The molecule has 9 heteroatoms. The molecule has 1 saturated heterocycles. The molecule has 3 aromatic rings. The zero-order chi connectivity index (χ0) is 27.7. The Hall–Kier alpha value is -4.14. The van der Waals surface area contributed by atoms with Gasteiger partial charge < -0.3 is 14.7 Å². The van der Waals surface area contributed by atoms with E-state index in [0.717, 1.165) is 12.1 Å². The number of hydrogen-bond donors (Lipinski definition) is 1. The topological polar surface area (TPSA) is 66.8 Å². The van der Waals surface area contributed by atoms with Gasteiger partial charge in [-0.15, -0.1) is 0 Å². The Balaban J connectivity index is 1.59. The van der Waals surface area contributed by atoms with Crippen molar-refractivity contribution in [1.29, 1.82) is 0 Å². The van der Waals surface area contributed by atoms with Crippen molar-refractivity contribution in [2.24, 2.45) is 0 Å². The third-order valence-corrected chi connectivity index (χ3v) is 7.10. The average Bonchev–Trinajstić information content (AvgIpc) is 3.56. The van der Waals surface area contributed by atoms with E-state index in [1.807, 2.05) is 0 Å². The predicted molar refractivity (Wildman–Crippen MR) is 138 cm³/mol. The number of carbonyl (C=O) groups excluding carboxylic acids is 1. The molecule has 5 rings (SSSR count). The fourth-order valence-electron chi connectivity index (χ4n) is 5.21. The molecule has 0 bridgehead atoms. The summed E-state index contributed by atoms with van der Waals surface area (Å²) >= 11 is 0. The number of halogens is 4. The summed E-state index contributed by atoms with van der Waals surface area (Å²) in [6.45, 7) is 0.518. The van der Waals surface area contributed by atoms with Crippen molar-refractivity contribution in [2.75, 3.05) is 11.4 Å². The Morgan fingerprint density at radius 3 is 2.26 bits per heavy atom. The summed E-state index contributed by atoms with van der Waals surface area (Å²) in [5.41, 5.74) is 2.15. The number of nitrogens with zero attached hydrogens (tertiary/aromatic N) is 1. The van der Waals surface area contributed by atoms with Gasteiger partial charge in [0, 0.05) is 24.2 Å². The largest absolute Gasteiger partial charge is 0.488 e. The summed E-state index contributed by atoms with van der Waals surface area (Å²) in [5.74, 6) is -1.46. The lowest BCUT2D eigenvalue weighted by Crippen LogP contribution is -2.24.